The molecule has 0 aliphatic heterocycles. The summed E-state index contributed by atoms with van der Waals surface area (Å²) >= 11 is 5.65. The van der Waals surface area contributed by atoms with E-state index in [1.807, 2.05) is 60.7 Å². The fourth-order valence-corrected chi connectivity index (χ4v) is 1.79. The first-order chi connectivity index (χ1) is 9.29. The predicted molar refractivity (Wildman–Crippen MR) is 77.3 cm³/mol. The van der Waals surface area contributed by atoms with Crippen LogP contribution in [0.15, 0.2) is 60.7 Å². The minimum Gasteiger partial charge on any atom is -0.323 e. The van der Waals surface area contributed by atoms with Gasteiger partial charge in [-0.25, -0.2) is 0 Å². The fourth-order valence-electron chi connectivity index (χ4n) is 1.65. The second-order valence-corrected chi connectivity index (χ2v) is 4.28. The summed E-state index contributed by atoms with van der Waals surface area (Å²) in [6, 6.07) is 19.3. The van der Waals surface area contributed by atoms with Crippen LogP contribution in [0.1, 0.15) is 11.1 Å². The van der Waals surface area contributed by atoms with E-state index in [0.717, 1.165) is 11.1 Å². The maximum absolute atomic E-state index is 11.9. The van der Waals surface area contributed by atoms with Crippen LogP contribution in [-0.2, 0) is 4.79 Å². The number of rotatable bonds is 5. The number of hydrogen-bond acceptors (Lipinski definition) is 1. The van der Waals surface area contributed by atoms with E-state index in [-0.39, 0.29) is 11.8 Å². The van der Waals surface area contributed by atoms with Crippen molar-refractivity contribution in [2.24, 2.45) is 0 Å². The Bertz CT molecular complexity index is 471. The van der Waals surface area contributed by atoms with Crippen LogP contribution in [-0.4, -0.2) is 16.7 Å². The zero-order valence-corrected chi connectivity index (χ0v) is 11.1. The van der Waals surface area contributed by atoms with Crippen molar-refractivity contribution < 1.29 is 4.79 Å². The highest BCUT2D eigenvalue weighted by Crippen LogP contribution is 2.14. The molecule has 1 amide bonds. The molecule has 2 rings (SSSR count). The van der Waals surface area contributed by atoms with Gasteiger partial charge in [0.05, 0.1) is 13.1 Å². The van der Waals surface area contributed by atoms with E-state index < -0.39 is 0 Å². The Labute approximate surface area is 118 Å². The van der Waals surface area contributed by atoms with Gasteiger partial charge in [0.15, 0.2) is 0 Å². The molecule has 0 saturated heterocycles. The third kappa shape index (κ3) is 4.11. The van der Waals surface area contributed by atoms with Crippen molar-refractivity contribution in [3.63, 3.8) is 0 Å². The van der Waals surface area contributed by atoms with Crippen molar-refractivity contribution >= 4 is 17.5 Å². The van der Waals surface area contributed by atoms with Crippen molar-refractivity contribution in [2.75, 3.05) is 5.88 Å². The highest BCUT2D eigenvalue weighted by atomic mass is 35.5. The molecule has 0 aliphatic rings. The van der Waals surface area contributed by atoms with Crippen LogP contribution in [0.4, 0.5) is 0 Å². The largest absolute Gasteiger partial charge is 0.323 e. The fraction of sp³-hybridized carbons (Fsp3) is 0.0625. The summed E-state index contributed by atoms with van der Waals surface area (Å²) < 4.78 is 0. The second kappa shape index (κ2) is 6.95. The Morgan fingerprint density at radius 2 is 1.32 bits per heavy atom. The zero-order valence-electron chi connectivity index (χ0n) is 10.4. The second-order valence-electron chi connectivity index (χ2n) is 4.01. The van der Waals surface area contributed by atoms with E-state index in [2.05, 4.69) is 0 Å². The highest BCUT2D eigenvalue weighted by Gasteiger charge is 2.14. The molecular formula is C16H14ClNO. The quantitative estimate of drug-likeness (QED) is 0.763. The molecule has 2 radical (unpaired) electrons. The number of halogens is 1. The van der Waals surface area contributed by atoms with Crippen LogP contribution in [0.5, 0.6) is 0 Å². The maximum atomic E-state index is 11.9. The molecule has 0 aromatic heterocycles. The molecule has 0 saturated carbocycles. The summed E-state index contributed by atoms with van der Waals surface area (Å²) in [7, 11) is 0. The number of alkyl halides is 1. The van der Waals surface area contributed by atoms with Gasteiger partial charge in [0, 0.05) is 0 Å². The normalized spacial score (nSPS) is 10.2. The van der Waals surface area contributed by atoms with Crippen molar-refractivity contribution in [3.05, 3.63) is 84.9 Å². The van der Waals surface area contributed by atoms with Crippen molar-refractivity contribution in [1.82, 2.24) is 4.90 Å². The monoisotopic (exact) mass is 271 g/mol. The van der Waals surface area contributed by atoms with Gasteiger partial charge in [-0.1, -0.05) is 60.7 Å². The van der Waals surface area contributed by atoms with E-state index >= 15 is 0 Å². The molecule has 2 nitrogen and oxygen atoms in total. The lowest BCUT2D eigenvalue weighted by molar-refractivity contribution is -0.125. The number of hydrogen-bond donors (Lipinski definition) is 0. The summed E-state index contributed by atoms with van der Waals surface area (Å²) in [6.07, 6.45) is 0. The smallest absolute Gasteiger partial charge is 0.238 e. The summed E-state index contributed by atoms with van der Waals surface area (Å²) in [5, 5.41) is 0. The van der Waals surface area contributed by atoms with Crippen LogP contribution in [0.25, 0.3) is 0 Å². The molecule has 19 heavy (non-hydrogen) atoms. The zero-order chi connectivity index (χ0) is 13.5. The van der Waals surface area contributed by atoms with Crippen LogP contribution in [0, 0.1) is 13.1 Å². The molecule has 0 atom stereocenters. The van der Waals surface area contributed by atoms with Crippen LogP contribution in [0.3, 0.4) is 0 Å². The molecule has 0 unspecified atom stereocenters. The average molecular weight is 272 g/mol. The van der Waals surface area contributed by atoms with Crippen molar-refractivity contribution in [1.29, 1.82) is 0 Å². The van der Waals surface area contributed by atoms with Crippen molar-refractivity contribution in [2.45, 2.75) is 0 Å². The number of nitrogens with zero attached hydrogens (tertiary/aromatic N) is 1. The van der Waals surface area contributed by atoms with Gasteiger partial charge >= 0.3 is 0 Å². The van der Waals surface area contributed by atoms with Crippen LogP contribution >= 0.6 is 11.6 Å². The molecule has 0 aliphatic carbocycles. The highest BCUT2D eigenvalue weighted by molar-refractivity contribution is 6.27. The Balaban J connectivity index is 2.10. The summed E-state index contributed by atoms with van der Waals surface area (Å²) in [5.74, 6) is -0.207. The first kappa shape index (κ1) is 13.6. The Hall–Kier alpha value is -1.80. The standard InChI is InChI=1S/C16H14ClNO/c17-11-16(19)18(12-14-7-3-1-4-8-14)13-15-9-5-2-6-10-15/h1-10,12-13H,11H2. The third-order valence-electron chi connectivity index (χ3n) is 2.58. The summed E-state index contributed by atoms with van der Waals surface area (Å²) in [5.41, 5.74) is 1.90. The average Bonchev–Trinajstić information content (AvgIpc) is 2.48. The Kier molecular flexibility index (Phi) is 4.99. The van der Waals surface area contributed by atoms with Gasteiger partial charge in [0.25, 0.3) is 0 Å². The molecule has 0 heterocycles. The molecule has 96 valence electrons. The Morgan fingerprint density at radius 1 is 0.895 bits per heavy atom. The van der Waals surface area contributed by atoms with Gasteiger partial charge in [-0.3, -0.25) is 4.79 Å². The van der Waals surface area contributed by atoms with Gasteiger partial charge in [-0.15, -0.1) is 11.6 Å². The molecule has 0 bridgehead atoms. The molecular weight excluding hydrogens is 258 g/mol. The lowest BCUT2D eigenvalue weighted by Crippen LogP contribution is -2.28. The first-order valence-corrected chi connectivity index (χ1v) is 6.50. The minimum atomic E-state index is -0.158. The number of carbonyl (C=O) groups is 1. The molecule has 2 aromatic carbocycles. The van der Waals surface area contributed by atoms with E-state index in [1.54, 1.807) is 13.1 Å². The minimum absolute atomic E-state index is 0.0489. The van der Waals surface area contributed by atoms with E-state index in [4.69, 9.17) is 11.6 Å². The molecule has 0 N–H and O–H groups in total. The molecule has 0 spiro atoms. The molecule has 2 aromatic rings. The lowest BCUT2D eigenvalue weighted by atomic mass is 10.1. The summed E-state index contributed by atoms with van der Waals surface area (Å²) in [4.78, 5) is 13.4. The topological polar surface area (TPSA) is 20.3 Å². The lowest BCUT2D eigenvalue weighted by Gasteiger charge is -2.20. The van der Waals surface area contributed by atoms with Gasteiger partial charge in [0.2, 0.25) is 5.91 Å². The van der Waals surface area contributed by atoms with Crippen LogP contribution < -0.4 is 0 Å². The van der Waals surface area contributed by atoms with E-state index in [1.165, 1.54) is 4.90 Å². The van der Waals surface area contributed by atoms with Crippen molar-refractivity contribution in [3.8, 4) is 0 Å². The molecule has 3 heteroatoms. The van der Waals surface area contributed by atoms with Crippen LogP contribution in [0.2, 0.25) is 0 Å². The molecule has 0 fully saturated rings. The first-order valence-electron chi connectivity index (χ1n) is 5.96. The summed E-state index contributed by atoms with van der Waals surface area (Å²) in [6.45, 7) is 3.55. The van der Waals surface area contributed by atoms with Gasteiger partial charge in [-0.05, 0) is 11.1 Å². The number of amides is 1. The van der Waals surface area contributed by atoms with Gasteiger partial charge in [0.1, 0.15) is 5.88 Å². The SMILES string of the molecule is O=C(CCl)N([CH]c1ccccc1)[CH]c1ccccc1. The maximum Gasteiger partial charge on any atom is 0.238 e. The number of benzene rings is 2. The number of carbonyl (C=O) groups excluding carboxylic acids is 1. The Morgan fingerprint density at radius 3 is 1.68 bits per heavy atom. The van der Waals surface area contributed by atoms with Gasteiger partial charge < -0.3 is 4.90 Å². The third-order valence-corrected chi connectivity index (χ3v) is 2.81. The van der Waals surface area contributed by atoms with E-state index in [9.17, 15) is 4.79 Å². The van der Waals surface area contributed by atoms with E-state index in [0.29, 0.717) is 0 Å². The predicted octanol–water partition coefficient (Wildman–Crippen LogP) is 3.47. The van der Waals surface area contributed by atoms with Gasteiger partial charge in [-0.2, -0.15) is 0 Å².